The van der Waals surface area contributed by atoms with Gasteiger partial charge in [0.25, 0.3) is 0 Å². The van der Waals surface area contributed by atoms with Crippen LogP contribution in [-0.4, -0.2) is 34.1 Å². The monoisotopic (exact) mass is 521 g/mol. The third-order valence-electron chi connectivity index (χ3n) is 6.18. The number of rotatable bonds is 6. The van der Waals surface area contributed by atoms with Crippen molar-refractivity contribution in [3.05, 3.63) is 63.5 Å². The summed E-state index contributed by atoms with van der Waals surface area (Å²) in [7, 11) is 3.29. The highest BCUT2D eigenvalue weighted by atomic mass is 32.1. The molecule has 10 heteroatoms. The normalized spacial score (nSPS) is 14.5. The van der Waals surface area contributed by atoms with Gasteiger partial charge in [0.05, 0.1) is 28.3 Å². The molecule has 8 nitrogen and oxygen atoms in total. The SMILES string of the molecule is COc1c(C#Cc2cnn(C)c2NC(=O)OC(C)c2ccccc2)sc2cc(C3(C(=O)O)CC3)sc12. The van der Waals surface area contributed by atoms with E-state index in [9.17, 15) is 14.7 Å². The maximum absolute atomic E-state index is 12.5. The predicted octanol–water partition coefficient (Wildman–Crippen LogP) is 5.53. The van der Waals surface area contributed by atoms with Crippen LogP contribution in [0.15, 0.2) is 42.6 Å². The second kappa shape index (κ2) is 9.33. The van der Waals surface area contributed by atoms with Crippen LogP contribution in [0.2, 0.25) is 0 Å². The summed E-state index contributed by atoms with van der Waals surface area (Å²) >= 11 is 2.91. The first-order valence-electron chi connectivity index (χ1n) is 11.2. The number of nitrogens with zero attached hydrogens (tertiary/aromatic N) is 2. The van der Waals surface area contributed by atoms with Crippen LogP contribution in [0.3, 0.4) is 0 Å². The van der Waals surface area contributed by atoms with Crippen molar-refractivity contribution in [1.82, 2.24) is 9.78 Å². The first-order valence-corrected chi connectivity index (χ1v) is 12.9. The van der Waals surface area contributed by atoms with Crippen LogP contribution < -0.4 is 10.1 Å². The Morgan fingerprint density at radius 1 is 1.22 bits per heavy atom. The van der Waals surface area contributed by atoms with E-state index in [1.54, 1.807) is 27.3 Å². The van der Waals surface area contributed by atoms with Gasteiger partial charge in [-0.2, -0.15) is 5.10 Å². The number of thiophene rings is 2. The number of aliphatic carboxylic acids is 1. The van der Waals surface area contributed by atoms with Crippen LogP contribution in [0.25, 0.3) is 9.40 Å². The van der Waals surface area contributed by atoms with Gasteiger partial charge in [-0.1, -0.05) is 36.3 Å². The third kappa shape index (κ3) is 4.32. The Morgan fingerprint density at radius 3 is 2.64 bits per heavy atom. The van der Waals surface area contributed by atoms with Crippen LogP contribution in [0.5, 0.6) is 5.75 Å². The quantitative estimate of drug-likeness (QED) is 0.324. The Morgan fingerprint density at radius 2 is 1.97 bits per heavy atom. The number of carbonyl (C=O) groups is 2. The third-order valence-corrected chi connectivity index (χ3v) is 8.68. The molecule has 1 saturated carbocycles. The number of ether oxygens (including phenoxy) is 2. The van der Waals surface area contributed by atoms with Gasteiger partial charge < -0.3 is 14.6 Å². The molecule has 4 aromatic rings. The van der Waals surface area contributed by atoms with Crippen molar-refractivity contribution in [2.45, 2.75) is 31.3 Å². The number of methoxy groups -OCH3 is 1. The number of anilines is 1. The summed E-state index contributed by atoms with van der Waals surface area (Å²) in [6, 6.07) is 11.4. The molecule has 1 fully saturated rings. The number of carboxylic acids is 1. The molecule has 1 amide bonds. The van der Waals surface area contributed by atoms with E-state index in [-0.39, 0.29) is 0 Å². The average Bonchev–Trinajstić information content (AvgIpc) is 3.33. The highest BCUT2D eigenvalue weighted by Crippen LogP contribution is 2.54. The molecule has 0 spiro atoms. The lowest BCUT2D eigenvalue weighted by Gasteiger charge is -2.14. The predicted molar refractivity (Wildman–Crippen MR) is 139 cm³/mol. The Labute approximate surface area is 215 Å². The Balaban J connectivity index is 1.37. The molecule has 0 radical (unpaired) electrons. The second-order valence-corrected chi connectivity index (χ2v) is 10.6. The molecule has 3 heterocycles. The van der Waals surface area contributed by atoms with Gasteiger partial charge in [0, 0.05) is 11.9 Å². The first kappa shape index (κ1) is 23.9. The Hall–Kier alpha value is -3.81. The van der Waals surface area contributed by atoms with E-state index in [0.29, 0.717) is 30.0 Å². The molecule has 1 aliphatic carbocycles. The number of aromatic nitrogens is 2. The van der Waals surface area contributed by atoms with E-state index in [4.69, 9.17) is 9.47 Å². The maximum atomic E-state index is 12.5. The van der Waals surface area contributed by atoms with Crippen molar-refractivity contribution in [3.8, 4) is 17.6 Å². The molecule has 3 aromatic heterocycles. The van der Waals surface area contributed by atoms with Crippen molar-refractivity contribution in [2.24, 2.45) is 7.05 Å². The number of aryl methyl sites for hydroxylation is 1. The van der Waals surface area contributed by atoms with Gasteiger partial charge in [-0.05, 0) is 37.3 Å². The van der Waals surface area contributed by atoms with Gasteiger partial charge in [-0.15, -0.1) is 22.7 Å². The molecule has 5 rings (SSSR count). The number of hydrogen-bond acceptors (Lipinski definition) is 7. The van der Waals surface area contributed by atoms with E-state index in [1.165, 1.54) is 27.4 Å². The van der Waals surface area contributed by atoms with E-state index < -0.39 is 23.6 Å². The summed E-state index contributed by atoms with van der Waals surface area (Å²) in [5, 5.41) is 16.6. The molecule has 1 aromatic carbocycles. The minimum Gasteiger partial charge on any atom is -0.493 e. The van der Waals surface area contributed by atoms with Gasteiger partial charge in [0.15, 0.2) is 5.75 Å². The second-order valence-electron chi connectivity index (χ2n) is 8.52. The van der Waals surface area contributed by atoms with Crippen molar-refractivity contribution < 1.29 is 24.2 Å². The Kier molecular flexibility index (Phi) is 6.20. The lowest BCUT2D eigenvalue weighted by Crippen LogP contribution is -2.18. The molecule has 0 saturated heterocycles. The number of hydrogen-bond donors (Lipinski definition) is 2. The smallest absolute Gasteiger partial charge is 0.413 e. The number of carboxylic acid groups (broad SMARTS) is 1. The zero-order valence-electron chi connectivity index (χ0n) is 19.8. The fourth-order valence-electron chi connectivity index (χ4n) is 3.94. The molecule has 2 N–H and O–H groups in total. The lowest BCUT2D eigenvalue weighted by molar-refractivity contribution is -0.139. The van der Waals surface area contributed by atoms with E-state index in [1.807, 2.05) is 36.4 Å². The maximum Gasteiger partial charge on any atom is 0.413 e. The van der Waals surface area contributed by atoms with E-state index >= 15 is 0 Å². The molecule has 184 valence electrons. The first-order chi connectivity index (χ1) is 17.3. The van der Waals surface area contributed by atoms with Crippen LogP contribution in [-0.2, 0) is 22.0 Å². The summed E-state index contributed by atoms with van der Waals surface area (Å²) in [6.07, 6.45) is 1.88. The molecule has 1 unspecified atom stereocenters. The van der Waals surface area contributed by atoms with Gasteiger partial charge in [0.2, 0.25) is 0 Å². The van der Waals surface area contributed by atoms with Gasteiger partial charge >= 0.3 is 12.1 Å². The molecule has 36 heavy (non-hydrogen) atoms. The lowest BCUT2D eigenvalue weighted by atomic mass is 10.1. The van der Waals surface area contributed by atoms with Crippen LogP contribution in [0, 0.1) is 11.8 Å². The van der Waals surface area contributed by atoms with Gasteiger partial charge in [-0.3, -0.25) is 14.8 Å². The van der Waals surface area contributed by atoms with E-state index in [2.05, 4.69) is 22.3 Å². The molecule has 1 atom stereocenters. The average molecular weight is 522 g/mol. The minimum atomic E-state index is -0.774. The van der Waals surface area contributed by atoms with Gasteiger partial charge in [-0.25, -0.2) is 4.79 Å². The number of amides is 1. The molecule has 1 aliphatic rings. The summed E-state index contributed by atoms with van der Waals surface area (Å²) in [6.45, 7) is 1.81. The van der Waals surface area contributed by atoms with Crippen molar-refractivity contribution in [2.75, 3.05) is 12.4 Å². The Bertz CT molecular complexity index is 1520. The zero-order valence-corrected chi connectivity index (χ0v) is 21.5. The number of fused-ring (bicyclic) bond motifs is 1. The van der Waals surface area contributed by atoms with Crippen LogP contribution >= 0.6 is 22.7 Å². The van der Waals surface area contributed by atoms with Gasteiger partial charge in [0.1, 0.15) is 22.2 Å². The largest absolute Gasteiger partial charge is 0.493 e. The summed E-state index contributed by atoms with van der Waals surface area (Å²) in [5.41, 5.74) is 0.675. The molecular weight excluding hydrogens is 498 g/mol. The fourth-order valence-corrected chi connectivity index (χ4v) is 6.61. The number of carbonyl (C=O) groups excluding carboxylic acids is 1. The van der Waals surface area contributed by atoms with Crippen LogP contribution in [0.1, 0.15) is 46.8 Å². The zero-order chi connectivity index (χ0) is 25.4. The standard InChI is InChI=1S/C26H23N3O5S2/c1-15(16-7-5-4-6-8-16)34-25(32)28-23-17(14-27-29(23)2)9-10-18-21(33-3)22-19(35-18)13-20(36-22)26(11-12-26)24(30)31/h4-8,13-15H,11-12H2,1-3H3,(H,28,32)(H,30,31). The van der Waals surface area contributed by atoms with E-state index in [0.717, 1.165) is 24.7 Å². The van der Waals surface area contributed by atoms with Crippen molar-refractivity contribution in [3.63, 3.8) is 0 Å². The number of nitrogens with one attached hydrogen (secondary N) is 1. The van der Waals surface area contributed by atoms with Crippen LogP contribution in [0.4, 0.5) is 10.6 Å². The number of benzene rings is 1. The minimum absolute atomic E-state index is 0.418. The molecule has 0 bridgehead atoms. The topological polar surface area (TPSA) is 103 Å². The highest BCUT2D eigenvalue weighted by molar-refractivity contribution is 7.28. The molecular formula is C26H23N3O5S2. The highest BCUT2D eigenvalue weighted by Gasteiger charge is 2.53. The summed E-state index contributed by atoms with van der Waals surface area (Å²) in [4.78, 5) is 25.8. The summed E-state index contributed by atoms with van der Waals surface area (Å²) < 4.78 is 14.5. The summed E-state index contributed by atoms with van der Waals surface area (Å²) in [5.74, 6) is 6.49. The van der Waals surface area contributed by atoms with Crippen molar-refractivity contribution in [1.29, 1.82) is 0 Å². The fraction of sp³-hybridized carbons (Fsp3) is 0.269. The molecule has 0 aliphatic heterocycles. The van der Waals surface area contributed by atoms with Crippen molar-refractivity contribution >= 4 is 50.0 Å².